The molecule has 5 atom stereocenters. The molecule has 1 saturated heterocycles. The first-order chi connectivity index (χ1) is 5.04. The topological polar surface area (TPSA) is 9.23 Å². The highest BCUT2D eigenvalue weighted by molar-refractivity contribution is 9.09. The Labute approximate surface area is 77.6 Å². The Hall–Kier alpha value is 0.440. The van der Waals surface area contributed by atoms with E-state index in [9.17, 15) is 0 Å². The molecule has 0 aromatic carbocycles. The SMILES string of the molecule is C[C@@H]1[C@@H](C)[C@@H](Br)O[C@H](C)[C@H]1C. The summed E-state index contributed by atoms with van der Waals surface area (Å²) < 4.78 is 5.70. The van der Waals surface area contributed by atoms with E-state index < -0.39 is 0 Å². The van der Waals surface area contributed by atoms with Gasteiger partial charge in [0, 0.05) is 0 Å². The van der Waals surface area contributed by atoms with Gasteiger partial charge in [0.15, 0.2) is 0 Å². The highest BCUT2D eigenvalue weighted by atomic mass is 79.9. The van der Waals surface area contributed by atoms with E-state index in [1.165, 1.54) is 0 Å². The smallest absolute Gasteiger partial charge is 0.115 e. The van der Waals surface area contributed by atoms with E-state index in [2.05, 4.69) is 43.6 Å². The standard InChI is InChI=1S/C9H17BrO/c1-5-6(2)8(4)11-9(10)7(5)3/h5-9H,1-4H3/t5-,6-,7+,8+,9-/m0/s1. The van der Waals surface area contributed by atoms with Gasteiger partial charge < -0.3 is 4.74 Å². The minimum Gasteiger partial charge on any atom is -0.363 e. The van der Waals surface area contributed by atoms with Crippen LogP contribution in [0.1, 0.15) is 27.7 Å². The van der Waals surface area contributed by atoms with Gasteiger partial charge in [-0.2, -0.15) is 0 Å². The van der Waals surface area contributed by atoms with Crippen molar-refractivity contribution in [2.45, 2.75) is 38.8 Å². The molecular formula is C9H17BrO. The second-order valence-corrected chi connectivity index (χ2v) is 4.67. The van der Waals surface area contributed by atoms with Gasteiger partial charge in [0.25, 0.3) is 0 Å². The maximum atomic E-state index is 5.70. The summed E-state index contributed by atoms with van der Waals surface area (Å²) in [4.78, 5) is 0. The van der Waals surface area contributed by atoms with Gasteiger partial charge in [-0.1, -0.05) is 36.7 Å². The number of alkyl halides is 1. The zero-order valence-corrected chi connectivity index (χ0v) is 9.26. The lowest BCUT2D eigenvalue weighted by molar-refractivity contribution is -0.0809. The van der Waals surface area contributed by atoms with E-state index >= 15 is 0 Å². The molecule has 0 aromatic rings. The summed E-state index contributed by atoms with van der Waals surface area (Å²) in [6.07, 6.45) is 0.394. The fourth-order valence-electron chi connectivity index (χ4n) is 1.60. The van der Waals surface area contributed by atoms with Crippen molar-refractivity contribution < 1.29 is 4.74 Å². The molecule has 1 nitrogen and oxygen atoms in total. The normalized spacial score (nSPS) is 52.6. The first-order valence-electron chi connectivity index (χ1n) is 4.33. The molecule has 66 valence electrons. The number of rotatable bonds is 0. The lowest BCUT2D eigenvalue weighted by atomic mass is 9.80. The van der Waals surface area contributed by atoms with Crippen LogP contribution in [-0.4, -0.2) is 11.1 Å². The number of ether oxygens (including phenoxy) is 1. The van der Waals surface area contributed by atoms with Crippen LogP contribution >= 0.6 is 15.9 Å². The van der Waals surface area contributed by atoms with E-state index in [0.29, 0.717) is 17.9 Å². The lowest BCUT2D eigenvalue weighted by Crippen LogP contribution is -2.40. The van der Waals surface area contributed by atoms with E-state index in [4.69, 9.17) is 4.74 Å². The van der Waals surface area contributed by atoms with Crippen molar-refractivity contribution in [1.82, 2.24) is 0 Å². The Balaban J connectivity index is 2.63. The van der Waals surface area contributed by atoms with Crippen LogP contribution in [0.2, 0.25) is 0 Å². The van der Waals surface area contributed by atoms with Gasteiger partial charge in [-0.3, -0.25) is 0 Å². The van der Waals surface area contributed by atoms with Gasteiger partial charge in [-0.05, 0) is 24.7 Å². The third-order valence-electron chi connectivity index (χ3n) is 3.16. The summed E-state index contributed by atoms with van der Waals surface area (Å²) in [5.74, 6) is 2.06. The Kier molecular flexibility index (Phi) is 2.98. The third-order valence-corrected chi connectivity index (χ3v) is 4.21. The average Bonchev–Trinajstić information content (AvgIpc) is 1.97. The van der Waals surface area contributed by atoms with Crippen molar-refractivity contribution in [3.63, 3.8) is 0 Å². The average molecular weight is 221 g/mol. The van der Waals surface area contributed by atoms with Crippen LogP contribution in [0.3, 0.4) is 0 Å². The van der Waals surface area contributed by atoms with Crippen molar-refractivity contribution in [3.8, 4) is 0 Å². The van der Waals surface area contributed by atoms with Crippen LogP contribution in [0, 0.1) is 17.8 Å². The van der Waals surface area contributed by atoms with E-state index in [1.54, 1.807) is 0 Å². The van der Waals surface area contributed by atoms with Gasteiger partial charge in [-0.15, -0.1) is 0 Å². The molecule has 1 rings (SSSR count). The molecule has 0 unspecified atom stereocenters. The fourth-order valence-corrected chi connectivity index (χ4v) is 2.42. The predicted molar refractivity (Wildman–Crippen MR) is 50.8 cm³/mol. The molecule has 1 heterocycles. The molecule has 0 saturated carbocycles. The van der Waals surface area contributed by atoms with Gasteiger partial charge in [-0.25, -0.2) is 0 Å². The highest BCUT2D eigenvalue weighted by Crippen LogP contribution is 2.36. The second-order valence-electron chi connectivity index (χ2n) is 3.77. The van der Waals surface area contributed by atoms with E-state index in [-0.39, 0.29) is 5.01 Å². The van der Waals surface area contributed by atoms with E-state index in [1.807, 2.05) is 0 Å². The maximum Gasteiger partial charge on any atom is 0.115 e. The fraction of sp³-hybridized carbons (Fsp3) is 1.00. The Bertz CT molecular complexity index is 124. The van der Waals surface area contributed by atoms with Crippen molar-refractivity contribution in [2.24, 2.45) is 17.8 Å². The van der Waals surface area contributed by atoms with Crippen LogP contribution in [0.5, 0.6) is 0 Å². The third kappa shape index (κ3) is 1.78. The molecule has 0 amide bonds. The summed E-state index contributed by atoms with van der Waals surface area (Å²) in [7, 11) is 0. The van der Waals surface area contributed by atoms with Crippen LogP contribution in [0.25, 0.3) is 0 Å². The van der Waals surface area contributed by atoms with Crippen LogP contribution < -0.4 is 0 Å². The molecule has 1 aliphatic rings. The molecule has 0 aromatic heterocycles. The Morgan fingerprint density at radius 2 is 1.45 bits per heavy atom. The Morgan fingerprint density at radius 3 is 2.00 bits per heavy atom. The number of halogens is 1. The molecule has 0 bridgehead atoms. The molecule has 2 heteroatoms. The van der Waals surface area contributed by atoms with Gasteiger partial charge >= 0.3 is 0 Å². The number of hydrogen-bond acceptors (Lipinski definition) is 1. The molecular weight excluding hydrogens is 204 g/mol. The molecule has 0 spiro atoms. The van der Waals surface area contributed by atoms with Crippen LogP contribution in [0.4, 0.5) is 0 Å². The van der Waals surface area contributed by atoms with Gasteiger partial charge in [0.1, 0.15) is 5.01 Å². The zero-order chi connectivity index (χ0) is 8.59. The summed E-state index contributed by atoms with van der Waals surface area (Å²) in [6, 6.07) is 0. The minimum atomic E-state index is 0.253. The minimum absolute atomic E-state index is 0.253. The quantitative estimate of drug-likeness (QED) is 0.571. The predicted octanol–water partition coefficient (Wildman–Crippen LogP) is 3.03. The van der Waals surface area contributed by atoms with Gasteiger partial charge in [0.05, 0.1) is 6.10 Å². The number of hydrogen-bond donors (Lipinski definition) is 0. The van der Waals surface area contributed by atoms with E-state index in [0.717, 1.165) is 5.92 Å². The van der Waals surface area contributed by atoms with Crippen molar-refractivity contribution in [1.29, 1.82) is 0 Å². The molecule has 0 aliphatic carbocycles. The second kappa shape index (κ2) is 3.44. The first kappa shape index (κ1) is 9.53. The molecule has 11 heavy (non-hydrogen) atoms. The summed E-state index contributed by atoms with van der Waals surface area (Å²) in [5.41, 5.74) is 0. The largest absolute Gasteiger partial charge is 0.363 e. The van der Waals surface area contributed by atoms with Crippen molar-refractivity contribution in [3.05, 3.63) is 0 Å². The first-order valence-corrected chi connectivity index (χ1v) is 5.25. The van der Waals surface area contributed by atoms with Crippen molar-refractivity contribution >= 4 is 15.9 Å². The molecule has 1 aliphatic heterocycles. The molecule has 0 radical (unpaired) electrons. The van der Waals surface area contributed by atoms with Crippen LogP contribution in [-0.2, 0) is 4.74 Å². The van der Waals surface area contributed by atoms with Gasteiger partial charge in [0.2, 0.25) is 0 Å². The lowest BCUT2D eigenvalue weighted by Gasteiger charge is -2.40. The molecule has 1 fully saturated rings. The zero-order valence-electron chi connectivity index (χ0n) is 7.67. The Morgan fingerprint density at radius 1 is 0.909 bits per heavy atom. The summed E-state index contributed by atoms with van der Waals surface area (Å²) >= 11 is 3.54. The van der Waals surface area contributed by atoms with Crippen LogP contribution in [0.15, 0.2) is 0 Å². The summed E-state index contributed by atoms with van der Waals surface area (Å²) in [6.45, 7) is 8.97. The molecule has 0 N–H and O–H groups in total. The monoisotopic (exact) mass is 220 g/mol. The van der Waals surface area contributed by atoms with Crippen molar-refractivity contribution in [2.75, 3.05) is 0 Å². The maximum absolute atomic E-state index is 5.70. The highest BCUT2D eigenvalue weighted by Gasteiger charge is 2.35. The summed E-state index contributed by atoms with van der Waals surface area (Å²) in [5, 5.41) is 0.253.